The number of carbonyl (C=O) groups excluding carboxylic acids is 2. The first-order valence-electron chi connectivity index (χ1n) is 8.32. The first kappa shape index (κ1) is 18.2. The fourth-order valence-electron chi connectivity index (χ4n) is 2.53. The Morgan fingerprint density at radius 2 is 1.85 bits per heavy atom. The van der Waals surface area contributed by atoms with Gasteiger partial charge >= 0.3 is 0 Å². The van der Waals surface area contributed by atoms with E-state index in [-0.39, 0.29) is 23.7 Å². The normalized spacial score (nSPS) is 14.4. The minimum Gasteiger partial charge on any atom is -0.370 e. The molecule has 7 heteroatoms. The minimum atomic E-state index is -0.682. The van der Waals surface area contributed by atoms with Gasteiger partial charge in [0.25, 0.3) is 0 Å². The van der Waals surface area contributed by atoms with Gasteiger partial charge in [-0.15, -0.1) is 0 Å². The molecule has 1 aliphatic carbocycles. The molecule has 5 nitrogen and oxygen atoms in total. The molecule has 0 unspecified atom stereocenters. The number of hydrogen-bond acceptors (Lipinski definition) is 3. The van der Waals surface area contributed by atoms with E-state index in [1.807, 2.05) is 0 Å². The van der Waals surface area contributed by atoms with E-state index in [0.29, 0.717) is 22.0 Å². The van der Waals surface area contributed by atoms with Gasteiger partial charge in [0.1, 0.15) is 11.9 Å². The average Bonchev–Trinajstić information content (AvgIpc) is 3.39. The van der Waals surface area contributed by atoms with Gasteiger partial charge in [0.15, 0.2) is 0 Å². The molecule has 0 bridgehead atoms. The Balaban J connectivity index is 1.82. The quantitative estimate of drug-likeness (QED) is 0.717. The van der Waals surface area contributed by atoms with Crippen molar-refractivity contribution in [1.82, 2.24) is 5.32 Å². The second kappa shape index (κ2) is 7.74. The maximum atomic E-state index is 13.2. The van der Waals surface area contributed by atoms with Gasteiger partial charge in [-0.05, 0) is 48.7 Å². The van der Waals surface area contributed by atoms with Gasteiger partial charge in [-0.1, -0.05) is 23.7 Å². The monoisotopic (exact) mass is 375 g/mol. The molecule has 1 saturated carbocycles. The molecule has 1 fully saturated rings. The SMILES string of the molecule is CC(=O)Nc1ccc(N[C@H](C(=O)NC2CC2)c2ccc(F)cc2)cc1Cl. The second-order valence-corrected chi connectivity index (χ2v) is 6.69. The molecule has 136 valence electrons. The Morgan fingerprint density at radius 1 is 1.15 bits per heavy atom. The zero-order valence-electron chi connectivity index (χ0n) is 14.2. The van der Waals surface area contributed by atoms with Gasteiger partial charge in [0.05, 0.1) is 10.7 Å². The van der Waals surface area contributed by atoms with Gasteiger partial charge < -0.3 is 16.0 Å². The van der Waals surface area contributed by atoms with Crippen LogP contribution in [0.1, 0.15) is 31.4 Å². The summed E-state index contributed by atoms with van der Waals surface area (Å²) in [5.74, 6) is -0.764. The first-order chi connectivity index (χ1) is 12.4. The summed E-state index contributed by atoms with van der Waals surface area (Å²) in [6.07, 6.45) is 1.94. The molecule has 0 heterocycles. The average molecular weight is 376 g/mol. The summed E-state index contributed by atoms with van der Waals surface area (Å²) in [6.45, 7) is 1.40. The molecule has 26 heavy (non-hydrogen) atoms. The second-order valence-electron chi connectivity index (χ2n) is 6.29. The van der Waals surface area contributed by atoms with E-state index in [4.69, 9.17) is 11.6 Å². The number of amides is 2. The van der Waals surface area contributed by atoms with Crippen LogP contribution in [0.3, 0.4) is 0 Å². The largest absolute Gasteiger partial charge is 0.370 e. The van der Waals surface area contributed by atoms with Crippen molar-refractivity contribution < 1.29 is 14.0 Å². The lowest BCUT2D eigenvalue weighted by Crippen LogP contribution is -2.34. The van der Waals surface area contributed by atoms with Crippen molar-refractivity contribution >= 4 is 34.8 Å². The number of rotatable bonds is 6. The van der Waals surface area contributed by atoms with Gasteiger partial charge in [0, 0.05) is 18.7 Å². The van der Waals surface area contributed by atoms with E-state index in [0.717, 1.165) is 12.8 Å². The lowest BCUT2D eigenvalue weighted by molar-refractivity contribution is -0.122. The van der Waals surface area contributed by atoms with Crippen molar-refractivity contribution in [1.29, 1.82) is 0 Å². The van der Waals surface area contributed by atoms with Crippen molar-refractivity contribution in [2.75, 3.05) is 10.6 Å². The molecule has 0 aromatic heterocycles. The molecular weight excluding hydrogens is 357 g/mol. The smallest absolute Gasteiger partial charge is 0.247 e. The predicted molar refractivity (Wildman–Crippen MR) is 99.7 cm³/mol. The van der Waals surface area contributed by atoms with Crippen LogP contribution in [0.25, 0.3) is 0 Å². The van der Waals surface area contributed by atoms with Crippen LogP contribution in [0.5, 0.6) is 0 Å². The molecule has 0 spiro atoms. The van der Waals surface area contributed by atoms with Crippen molar-refractivity contribution in [3.8, 4) is 0 Å². The van der Waals surface area contributed by atoms with Crippen LogP contribution < -0.4 is 16.0 Å². The molecule has 0 radical (unpaired) electrons. The first-order valence-corrected chi connectivity index (χ1v) is 8.69. The molecule has 0 aliphatic heterocycles. The number of halogens is 2. The van der Waals surface area contributed by atoms with Crippen LogP contribution in [-0.2, 0) is 9.59 Å². The van der Waals surface area contributed by atoms with Gasteiger partial charge in [-0.25, -0.2) is 4.39 Å². The number of nitrogens with one attached hydrogen (secondary N) is 3. The zero-order valence-corrected chi connectivity index (χ0v) is 14.9. The van der Waals surface area contributed by atoms with Crippen LogP contribution in [0, 0.1) is 5.82 Å². The van der Waals surface area contributed by atoms with E-state index < -0.39 is 6.04 Å². The van der Waals surface area contributed by atoms with Gasteiger partial charge in [0.2, 0.25) is 11.8 Å². The summed E-state index contributed by atoms with van der Waals surface area (Å²) in [6, 6.07) is 10.3. The highest BCUT2D eigenvalue weighted by Crippen LogP contribution is 2.29. The molecule has 3 N–H and O–H groups in total. The molecule has 1 aliphatic rings. The van der Waals surface area contributed by atoms with Gasteiger partial charge in [-0.2, -0.15) is 0 Å². The molecule has 1 atom stereocenters. The lowest BCUT2D eigenvalue weighted by Gasteiger charge is -2.20. The molecular formula is C19H19ClFN3O2. The highest BCUT2D eigenvalue weighted by atomic mass is 35.5. The zero-order chi connectivity index (χ0) is 18.7. The topological polar surface area (TPSA) is 70.2 Å². The summed E-state index contributed by atoms with van der Waals surface area (Å²) in [4.78, 5) is 23.8. The Bertz CT molecular complexity index is 822. The summed E-state index contributed by atoms with van der Waals surface area (Å²) >= 11 is 6.19. The third kappa shape index (κ3) is 4.73. The highest BCUT2D eigenvalue weighted by molar-refractivity contribution is 6.34. The van der Waals surface area contributed by atoms with E-state index in [1.54, 1.807) is 30.3 Å². The summed E-state index contributed by atoms with van der Waals surface area (Å²) in [5, 5.41) is 9.07. The molecule has 2 aromatic carbocycles. The van der Waals surface area contributed by atoms with Crippen molar-refractivity contribution in [3.63, 3.8) is 0 Å². The summed E-state index contributed by atoms with van der Waals surface area (Å²) in [5.41, 5.74) is 1.75. The van der Waals surface area contributed by atoms with E-state index in [2.05, 4.69) is 16.0 Å². The number of carbonyl (C=O) groups is 2. The molecule has 2 aromatic rings. The van der Waals surface area contributed by atoms with Crippen LogP contribution >= 0.6 is 11.6 Å². The van der Waals surface area contributed by atoms with E-state index in [9.17, 15) is 14.0 Å². The van der Waals surface area contributed by atoms with Crippen LogP contribution in [0.4, 0.5) is 15.8 Å². The molecule has 2 amide bonds. The fourth-order valence-corrected chi connectivity index (χ4v) is 2.76. The molecule has 0 saturated heterocycles. The van der Waals surface area contributed by atoms with Crippen LogP contribution in [0.15, 0.2) is 42.5 Å². The third-order valence-electron chi connectivity index (χ3n) is 3.98. The van der Waals surface area contributed by atoms with Crippen molar-refractivity contribution in [2.45, 2.75) is 31.8 Å². The maximum absolute atomic E-state index is 13.2. The number of benzene rings is 2. The Hall–Kier alpha value is -2.60. The highest BCUT2D eigenvalue weighted by Gasteiger charge is 2.28. The molecule has 3 rings (SSSR count). The summed E-state index contributed by atoms with van der Waals surface area (Å²) in [7, 11) is 0. The van der Waals surface area contributed by atoms with Crippen LogP contribution in [-0.4, -0.2) is 17.9 Å². The number of anilines is 2. The van der Waals surface area contributed by atoms with E-state index in [1.165, 1.54) is 19.1 Å². The Labute approximate surface area is 155 Å². The van der Waals surface area contributed by atoms with Gasteiger partial charge in [-0.3, -0.25) is 9.59 Å². The van der Waals surface area contributed by atoms with E-state index >= 15 is 0 Å². The standard InChI is InChI=1S/C19H19ClFN3O2/c1-11(25)22-17-9-8-15(10-16(17)20)23-18(19(26)24-14-6-7-14)12-2-4-13(21)5-3-12/h2-5,8-10,14,18,23H,6-7H2,1H3,(H,22,25)(H,24,26)/t18-/m0/s1. The fraction of sp³-hybridized carbons (Fsp3) is 0.263. The minimum absolute atomic E-state index is 0.179. The summed E-state index contributed by atoms with van der Waals surface area (Å²) < 4.78 is 13.2. The van der Waals surface area contributed by atoms with Crippen molar-refractivity contribution in [2.24, 2.45) is 0 Å². The Morgan fingerprint density at radius 3 is 2.42 bits per heavy atom. The predicted octanol–water partition coefficient (Wildman–Crippen LogP) is 3.87. The lowest BCUT2D eigenvalue weighted by atomic mass is 10.1. The number of hydrogen-bond donors (Lipinski definition) is 3. The maximum Gasteiger partial charge on any atom is 0.247 e. The Kier molecular flexibility index (Phi) is 5.42. The third-order valence-corrected chi connectivity index (χ3v) is 4.29. The van der Waals surface area contributed by atoms with Crippen LogP contribution in [0.2, 0.25) is 5.02 Å². The van der Waals surface area contributed by atoms with Crippen molar-refractivity contribution in [3.05, 3.63) is 58.9 Å².